The monoisotopic (exact) mass is 636 g/mol. The first-order valence-corrected chi connectivity index (χ1v) is 13.2. The maximum absolute atomic E-state index is 13.3. The fraction of sp³-hybridized carbons (Fsp3) is 0.148. The van der Waals surface area contributed by atoms with Crippen LogP contribution in [0.25, 0.3) is 6.08 Å². The van der Waals surface area contributed by atoms with E-state index in [1.165, 1.54) is 12.1 Å². The van der Waals surface area contributed by atoms with Crippen molar-refractivity contribution in [2.45, 2.75) is 20.5 Å². The van der Waals surface area contributed by atoms with Crippen LogP contribution < -0.4 is 19.7 Å². The van der Waals surface area contributed by atoms with E-state index in [1.807, 2.05) is 6.92 Å². The number of aryl methyl sites for hydroxylation is 1. The van der Waals surface area contributed by atoms with E-state index in [4.69, 9.17) is 44.3 Å². The van der Waals surface area contributed by atoms with Gasteiger partial charge >= 0.3 is 6.03 Å². The molecule has 4 amide bonds. The number of urea groups is 1. The average molecular weight is 639 g/mol. The van der Waals surface area contributed by atoms with Crippen LogP contribution in [0.4, 0.5) is 10.5 Å². The van der Waals surface area contributed by atoms with Gasteiger partial charge in [-0.15, -0.1) is 0 Å². The summed E-state index contributed by atoms with van der Waals surface area (Å²) in [6.45, 7) is 4.10. The molecule has 38 heavy (non-hydrogen) atoms. The van der Waals surface area contributed by atoms with Crippen molar-refractivity contribution in [3.63, 3.8) is 0 Å². The second kappa shape index (κ2) is 11.8. The first-order chi connectivity index (χ1) is 18.1. The van der Waals surface area contributed by atoms with Crippen molar-refractivity contribution >= 4 is 80.3 Å². The maximum atomic E-state index is 13.3. The first-order valence-electron chi connectivity index (χ1n) is 11.3. The molecule has 0 radical (unpaired) electrons. The van der Waals surface area contributed by atoms with Crippen molar-refractivity contribution in [2.75, 3.05) is 11.5 Å². The summed E-state index contributed by atoms with van der Waals surface area (Å²) in [5, 5.41) is 3.56. The lowest BCUT2D eigenvalue weighted by Gasteiger charge is -2.26. The molecule has 0 aromatic heterocycles. The molecule has 0 aliphatic carbocycles. The molecule has 0 saturated carbocycles. The predicted molar refractivity (Wildman–Crippen MR) is 151 cm³/mol. The third-order valence-electron chi connectivity index (χ3n) is 5.58. The Morgan fingerprint density at radius 3 is 2.37 bits per heavy atom. The number of barbiturate groups is 1. The van der Waals surface area contributed by atoms with Crippen LogP contribution >= 0.6 is 50.7 Å². The minimum atomic E-state index is -0.865. The largest absolute Gasteiger partial charge is 0.490 e. The van der Waals surface area contributed by atoms with Crippen LogP contribution in [0.3, 0.4) is 0 Å². The van der Waals surface area contributed by atoms with Crippen LogP contribution in [0, 0.1) is 6.92 Å². The second-order valence-electron chi connectivity index (χ2n) is 8.17. The van der Waals surface area contributed by atoms with Gasteiger partial charge in [-0.1, -0.05) is 62.9 Å². The molecule has 1 N–H and O–H groups in total. The van der Waals surface area contributed by atoms with Crippen LogP contribution in [-0.2, 0) is 16.2 Å². The number of carbonyl (C=O) groups is 3. The van der Waals surface area contributed by atoms with Gasteiger partial charge in [0, 0.05) is 25.1 Å². The van der Waals surface area contributed by atoms with Gasteiger partial charge in [-0.3, -0.25) is 14.9 Å². The maximum Gasteiger partial charge on any atom is 0.335 e. The number of halogens is 4. The Labute approximate surface area is 242 Å². The number of rotatable bonds is 7. The minimum Gasteiger partial charge on any atom is -0.490 e. The summed E-state index contributed by atoms with van der Waals surface area (Å²) >= 11 is 21.9. The van der Waals surface area contributed by atoms with Crippen molar-refractivity contribution in [1.82, 2.24) is 5.32 Å². The number of nitrogens with zero attached hydrogens (tertiary/aromatic N) is 1. The van der Waals surface area contributed by atoms with E-state index in [1.54, 1.807) is 49.4 Å². The molecule has 196 valence electrons. The lowest BCUT2D eigenvalue weighted by Crippen LogP contribution is -2.54. The Balaban J connectivity index is 1.67. The number of ether oxygens (including phenoxy) is 2. The summed E-state index contributed by atoms with van der Waals surface area (Å²) in [7, 11) is 0. The fourth-order valence-electron chi connectivity index (χ4n) is 3.61. The third kappa shape index (κ3) is 5.99. The van der Waals surface area contributed by atoms with Crippen LogP contribution in [0.2, 0.25) is 15.1 Å². The molecule has 0 atom stereocenters. The highest BCUT2D eigenvalue weighted by atomic mass is 79.9. The van der Waals surface area contributed by atoms with Crippen molar-refractivity contribution in [3.8, 4) is 11.5 Å². The van der Waals surface area contributed by atoms with Crippen LogP contribution in [-0.4, -0.2) is 24.5 Å². The van der Waals surface area contributed by atoms with Crippen molar-refractivity contribution in [1.29, 1.82) is 0 Å². The zero-order valence-electron chi connectivity index (χ0n) is 20.1. The molecule has 3 aromatic carbocycles. The summed E-state index contributed by atoms with van der Waals surface area (Å²) in [6.07, 6.45) is 1.37. The lowest BCUT2D eigenvalue weighted by molar-refractivity contribution is -0.122. The van der Waals surface area contributed by atoms with E-state index < -0.39 is 17.8 Å². The Kier molecular flexibility index (Phi) is 8.67. The molecule has 1 heterocycles. The van der Waals surface area contributed by atoms with Gasteiger partial charge in [0.1, 0.15) is 12.2 Å². The summed E-state index contributed by atoms with van der Waals surface area (Å²) in [6, 6.07) is 12.3. The zero-order chi connectivity index (χ0) is 27.6. The van der Waals surface area contributed by atoms with E-state index in [0.717, 1.165) is 16.0 Å². The van der Waals surface area contributed by atoms with Gasteiger partial charge in [-0.05, 0) is 67.4 Å². The second-order valence-corrected chi connectivity index (χ2v) is 10.3. The molecule has 1 aliphatic rings. The van der Waals surface area contributed by atoms with Crippen molar-refractivity contribution < 1.29 is 23.9 Å². The Hall–Kier alpha value is -3.04. The van der Waals surface area contributed by atoms with E-state index in [-0.39, 0.29) is 17.9 Å². The quantitative estimate of drug-likeness (QED) is 0.216. The van der Waals surface area contributed by atoms with Gasteiger partial charge in [-0.25, -0.2) is 9.69 Å². The molecule has 0 bridgehead atoms. The summed E-state index contributed by atoms with van der Waals surface area (Å²) in [5.74, 6) is -0.815. The highest BCUT2D eigenvalue weighted by Gasteiger charge is 2.37. The van der Waals surface area contributed by atoms with Gasteiger partial charge in [0.05, 0.1) is 12.3 Å². The first kappa shape index (κ1) is 28.0. The molecule has 3 aromatic rings. The standard InChI is InChI=1S/C27H20BrCl3N2O5/c1-3-37-23-9-16(20(28)12-24(23)38-13-15-5-6-17(29)10-22(15)31)8-19-25(34)32-27(36)33(26(19)35)18-7-4-14(2)21(30)11-18/h4-12H,3,13H2,1-2H3,(H,32,34,36)/b19-8-. The molecule has 4 rings (SSSR count). The minimum absolute atomic E-state index is 0.153. The number of amides is 4. The summed E-state index contributed by atoms with van der Waals surface area (Å²) < 4.78 is 12.2. The number of anilines is 1. The smallest absolute Gasteiger partial charge is 0.335 e. The molecule has 0 unspecified atom stereocenters. The van der Waals surface area contributed by atoms with Crippen LogP contribution in [0.15, 0.2) is 58.6 Å². The third-order valence-corrected chi connectivity index (χ3v) is 7.26. The number of imide groups is 2. The summed E-state index contributed by atoms with van der Waals surface area (Å²) in [4.78, 5) is 39.3. The van der Waals surface area contributed by atoms with Crippen LogP contribution in [0.5, 0.6) is 11.5 Å². The summed E-state index contributed by atoms with van der Waals surface area (Å²) in [5.41, 5.74) is 1.96. The zero-order valence-corrected chi connectivity index (χ0v) is 24.0. The number of hydrogen-bond donors (Lipinski definition) is 1. The van der Waals surface area contributed by atoms with Gasteiger partial charge in [0.2, 0.25) is 0 Å². The SMILES string of the molecule is CCOc1cc(/C=C2/C(=O)NC(=O)N(c3ccc(C)c(Cl)c3)C2=O)c(Br)cc1OCc1ccc(Cl)cc1Cl. The van der Waals surface area contributed by atoms with Gasteiger partial charge in [-0.2, -0.15) is 0 Å². The number of benzene rings is 3. The van der Waals surface area contributed by atoms with E-state index in [2.05, 4.69) is 21.2 Å². The Bertz CT molecular complexity index is 1490. The van der Waals surface area contributed by atoms with E-state index >= 15 is 0 Å². The molecule has 1 aliphatic heterocycles. The Morgan fingerprint density at radius 1 is 0.947 bits per heavy atom. The molecule has 1 fully saturated rings. The molecule has 1 saturated heterocycles. The lowest BCUT2D eigenvalue weighted by atomic mass is 10.1. The average Bonchev–Trinajstić information content (AvgIpc) is 2.85. The van der Waals surface area contributed by atoms with E-state index in [0.29, 0.717) is 43.2 Å². The fourth-order valence-corrected chi connectivity index (χ4v) is 4.68. The highest BCUT2D eigenvalue weighted by Crippen LogP contribution is 2.36. The van der Waals surface area contributed by atoms with Crippen molar-refractivity contribution in [3.05, 3.63) is 90.3 Å². The topological polar surface area (TPSA) is 84.9 Å². The van der Waals surface area contributed by atoms with Crippen molar-refractivity contribution in [2.24, 2.45) is 0 Å². The predicted octanol–water partition coefficient (Wildman–Crippen LogP) is 7.36. The van der Waals surface area contributed by atoms with Gasteiger partial charge < -0.3 is 9.47 Å². The molecule has 11 heteroatoms. The molecule has 7 nitrogen and oxygen atoms in total. The molecule has 0 spiro atoms. The van der Waals surface area contributed by atoms with Crippen LogP contribution in [0.1, 0.15) is 23.6 Å². The molecular weight excluding hydrogens is 619 g/mol. The number of carbonyl (C=O) groups excluding carboxylic acids is 3. The normalized spacial score (nSPS) is 14.6. The number of nitrogens with one attached hydrogen (secondary N) is 1. The highest BCUT2D eigenvalue weighted by molar-refractivity contribution is 9.10. The Morgan fingerprint density at radius 2 is 1.68 bits per heavy atom. The van der Waals surface area contributed by atoms with Gasteiger partial charge in [0.25, 0.3) is 11.8 Å². The number of hydrogen-bond acceptors (Lipinski definition) is 5. The van der Waals surface area contributed by atoms with E-state index in [9.17, 15) is 14.4 Å². The van der Waals surface area contributed by atoms with Gasteiger partial charge in [0.15, 0.2) is 11.5 Å². The molecular formula is C27H20BrCl3N2O5.